The monoisotopic (exact) mass is 256 g/mol. The van der Waals surface area contributed by atoms with Crippen LogP contribution in [-0.2, 0) is 4.79 Å². The molecular weight excluding hydrogens is 236 g/mol. The van der Waals surface area contributed by atoms with E-state index in [0.29, 0.717) is 12.8 Å². The average Bonchev–Trinajstić information content (AvgIpc) is 2.89. The zero-order valence-electron chi connectivity index (χ0n) is 11.6. The van der Waals surface area contributed by atoms with Crippen LogP contribution in [0.4, 0.5) is 0 Å². The molecule has 0 radical (unpaired) electrons. The molecule has 3 heteroatoms. The summed E-state index contributed by atoms with van der Waals surface area (Å²) in [6, 6.07) is 10.2. The fourth-order valence-electron chi connectivity index (χ4n) is 2.85. The molecule has 1 aliphatic rings. The maximum absolute atomic E-state index is 12.4. The highest BCUT2D eigenvalue weighted by molar-refractivity contribution is 5.86. The van der Waals surface area contributed by atoms with Crippen molar-refractivity contribution in [1.29, 1.82) is 5.26 Å². The van der Waals surface area contributed by atoms with Crippen LogP contribution in [0.5, 0.6) is 0 Å². The van der Waals surface area contributed by atoms with Gasteiger partial charge in [0.25, 0.3) is 0 Å². The normalized spacial score (nSPS) is 18.6. The van der Waals surface area contributed by atoms with Crippen LogP contribution < -0.4 is 5.32 Å². The van der Waals surface area contributed by atoms with Gasteiger partial charge in [-0.25, -0.2) is 0 Å². The third-order valence-corrected chi connectivity index (χ3v) is 4.11. The number of nitrogens with zero attached hydrogens (tertiary/aromatic N) is 1. The van der Waals surface area contributed by atoms with Crippen LogP contribution in [0.3, 0.4) is 0 Å². The Hall–Kier alpha value is -1.82. The Labute approximate surface area is 114 Å². The van der Waals surface area contributed by atoms with Gasteiger partial charge in [0.05, 0.1) is 12.1 Å². The van der Waals surface area contributed by atoms with Gasteiger partial charge in [-0.1, -0.05) is 37.1 Å². The maximum atomic E-state index is 12.4. The lowest BCUT2D eigenvalue weighted by molar-refractivity contribution is -0.128. The molecular formula is C16H20N2O. The lowest BCUT2D eigenvalue weighted by Crippen LogP contribution is -2.39. The van der Waals surface area contributed by atoms with Gasteiger partial charge in [-0.05, 0) is 37.8 Å². The van der Waals surface area contributed by atoms with Gasteiger partial charge in [0.2, 0.25) is 5.91 Å². The van der Waals surface area contributed by atoms with Gasteiger partial charge in [-0.3, -0.25) is 4.79 Å². The number of amides is 1. The number of nitriles is 1. The van der Waals surface area contributed by atoms with Gasteiger partial charge in [0.1, 0.15) is 5.41 Å². The van der Waals surface area contributed by atoms with Gasteiger partial charge in [-0.15, -0.1) is 0 Å². The minimum absolute atomic E-state index is 0.0560. The minimum atomic E-state index is -0.795. The van der Waals surface area contributed by atoms with E-state index in [9.17, 15) is 10.1 Å². The van der Waals surface area contributed by atoms with Crippen LogP contribution in [0.1, 0.15) is 49.8 Å². The van der Waals surface area contributed by atoms with Crippen LogP contribution in [0.25, 0.3) is 0 Å². The summed E-state index contributed by atoms with van der Waals surface area (Å²) < 4.78 is 0. The smallest absolute Gasteiger partial charge is 0.240 e. The molecule has 1 amide bonds. The molecule has 1 aromatic rings. The fourth-order valence-corrected chi connectivity index (χ4v) is 2.85. The summed E-state index contributed by atoms with van der Waals surface area (Å²) in [5.41, 5.74) is 1.48. The number of benzene rings is 1. The van der Waals surface area contributed by atoms with E-state index in [2.05, 4.69) is 11.4 Å². The van der Waals surface area contributed by atoms with Crippen molar-refractivity contribution in [2.45, 2.75) is 45.6 Å². The third kappa shape index (κ3) is 2.63. The summed E-state index contributed by atoms with van der Waals surface area (Å²) in [5, 5.41) is 12.3. The Morgan fingerprint density at radius 2 is 2.00 bits per heavy atom. The molecule has 0 aliphatic heterocycles. The number of nitrogens with one attached hydrogen (secondary N) is 1. The molecule has 1 N–H and O–H groups in total. The Balaban J connectivity index is 2.11. The molecule has 0 spiro atoms. The van der Waals surface area contributed by atoms with E-state index in [1.54, 1.807) is 0 Å². The van der Waals surface area contributed by atoms with Crippen LogP contribution in [0.2, 0.25) is 0 Å². The van der Waals surface area contributed by atoms with Crippen molar-refractivity contribution < 1.29 is 4.79 Å². The largest absolute Gasteiger partial charge is 0.348 e. The molecule has 1 unspecified atom stereocenters. The Bertz CT molecular complexity index is 510. The number of hydrogen-bond donors (Lipinski definition) is 1. The minimum Gasteiger partial charge on any atom is -0.348 e. The van der Waals surface area contributed by atoms with Crippen LogP contribution >= 0.6 is 0 Å². The summed E-state index contributed by atoms with van der Waals surface area (Å²) in [7, 11) is 0. The number of carbonyl (C=O) groups is 1. The molecule has 0 saturated heterocycles. The van der Waals surface area contributed by atoms with E-state index in [0.717, 1.165) is 24.0 Å². The van der Waals surface area contributed by atoms with Gasteiger partial charge < -0.3 is 5.32 Å². The summed E-state index contributed by atoms with van der Waals surface area (Å²) in [5.74, 6) is -0.108. The van der Waals surface area contributed by atoms with Crippen molar-refractivity contribution >= 4 is 5.91 Å². The molecule has 100 valence electrons. The zero-order chi connectivity index (χ0) is 13.9. The van der Waals surface area contributed by atoms with Gasteiger partial charge in [-0.2, -0.15) is 5.26 Å². The molecule has 0 aromatic heterocycles. The maximum Gasteiger partial charge on any atom is 0.240 e. The third-order valence-electron chi connectivity index (χ3n) is 4.11. The Morgan fingerprint density at radius 1 is 1.37 bits per heavy atom. The van der Waals surface area contributed by atoms with E-state index in [1.165, 1.54) is 0 Å². The first-order chi connectivity index (χ1) is 9.09. The second-order valence-electron chi connectivity index (χ2n) is 5.45. The molecule has 3 nitrogen and oxygen atoms in total. The summed E-state index contributed by atoms with van der Waals surface area (Å²) >= 11 is 0. The second-order valence-corrected chi connectivity index (χ2v) is 5.45. The van der Waals surface area contributed by atoms with Crippen LogP contribution in [0, 0.1) is 23.7 Å². The molecule has 0 bridgehead atoms. The summed E-state index contributed by atoms with van der Waals surface area (Å²) in [6.45, 7) is 4.01. The number of aryl methyl sites for hydroxylation is 1. The highest BCUT2D eigenvalue weighted by Crippen LogP contribution is 2.38. The number of carbonyl (C=O) groups excluding carboxylic acids is 1. The van der Waals surface area contributed by atoms with Crippen molar-refractivity contribution in [3.63, 3.8) is 0 Å². The molecule has 0 heterocycles. The molecule has 1 atom stereocenters. The molecule has 1 aromatic carbocycles. The highest BCUT2D eigenvalue weighted by Gasteiger charge is 2.41. The predicted octanol–water partition coefficient (Wildman–Crippen LogP) is 3.26. The van der Waals surface area contributed by atoms with E-state index in [4.69, 9.17) is 0 Å². The SMILES string of the molecule is Cc1ccccc1C(C)NC(=O)C1(C#N)CCCC1. The molecule has 1 fully saturated rings. The summed E-state index contributed by atoms with van der Waals surface area (Å²) in [6.07, 6.45) is 3.32. The molecule has 19 heavy (non-hydrogen) atoms. The van der Waals surface area contributed by atoms with Gasteiger partial charge >= 0.3 is 0 Å². The first kappa shape index (κ1) is 13.6. The van der Waals surface area contributed by atoms with Crippen LogP contribution in [0.15, 0.2) is 24.3 Å². The van der Waals surface area contributed by atoms with Crippen molar-refractivity contribution in [2.24, 2.45) is 5.41 Å². The number of rotatable bonds is 3. The standard InChI is InChI=1S/C16H20N2O/c1-12-7-3-4-8-14(12)13(2)18-15(19)16(11-17)9-5-6-10-16/h3-4,7-8,13H,5-6,9-10H2,1-2H3,(H,18,19). The second kappa shape index (κ2) is 5.44. The first-order valence-corrected chi connectivity index (χ1v) is 6.87. The van der Waals surface area contributed by atoms with E-state index in [1.807, 2.05) is 38.1 Å². The first-order valence-electron chi connectivity index (χ1n) is 6.87. The lowest BCUT2D eigenvalue weighted by Gasteiger charge is -2.23. The Kier molecular flexibility index (Phi) is 3.90. The highest BCUT2D eigenvalue weighted by atomic mass is 16.2. The van der Waals surface area contributed by atoms with Crippen molar-refractivity contribution in [2.75, 3.05) is 0 Å². The topological polar surface area (TPSA) is 52.9 Å². The fraction of sp³-hybridized carbons (Fsp3) is 0.500. The predicted molar refractivity (Wildman–Crippen MR) is 74.3 cm³/mol. The number of hydrogen-bond acceptors (Lipinski definition) is 2. The molecule has 1 aliphatic carbocycles. The van der Waals surface area contributed by atoms with Crippen LogP contribution in [-0.4, -0.2) is 5.91 Å². The zero-order valence-corrected chi connectivity index (χ0v) is 11.6. The molecule has 2 rings (SSSR count). The van der Waals surface area contributed by atoms with E-state index >= 15 is 0 Å². The van der Waals surface area contributed by atoms with Crippen molar-refractivity contribution in [1.82, 2.24) is 5.32 Å². The Morgan fingerprint density at radius 3 is 2.58 bits per heavy atom. The average molecular weight is 256 g/mol. The van der Waals surface area contributed by atoms with E-state index in [-0.39, 0.29) is 11.9 Å². The van der Waals surface area contributed by atoms with Gasteiger partial charge in [0, 0.05) is 0 Å². The van der Waals surface area contributed by atoms with E-state index < -0.39 is 5.41 Å². The molecule has 1 saturated carbocycles. The van der Waals surface area contributed by atoms with Crippen molar-refractivity contribution in [3.05, 3.63) is 35.4 Å². The quantitative estimate of drug-likeness (QED) is 0.902. The lowest BCUT2D eigenvalue weighted by atomic mass is 9.86. The van der Waals surface area contributed by atoms with Gasteiger partial charge in [0.15, 0.2) is 0 Å². The van der Waals surface area contributed by atoms with Crippen molar-refractivity contribution in [3.8, 4) is 6.07 Å². The summed E-state index contributed by atoms with van der Waals surface area (Å²) in [4.78, 5) is 12.4.